The van der Waals surface area contributed by atoms with Gasteiger partial charge in [-0.25, -0.2) is 0 Å². The molecule has 1 aliphatic rings. The highest BCUT2D eigenvalue weighted by atomic mass is 35.5. The highest BCUT2D eigenvalue weighted by molar-refractivity contribution is 6.33. The molecular formula is C21H23ClN2O2. The zero-order valence-electron chi connectivity index (χ0n) is 14.9. The first-order valence-electron chi connectivity index (χ1n) is 9.02. The molecule has 0 saturated carbocycles. The average Bonchev–Trinajstić information content (AvgIpc) is 2.68. The fourth-order valence-electron chi connectivity index (χ4n) is 3.25. The first kappa shape index (κ1) is 18.5. The van der Waals surface area contributed by atoms with Crippen LogP contribution in [0.15, 0.2) is 48.5 Å². The lowest BCUT2D eigenvalue weighted by molar-refractivity contribution is -0.121. The van der Waals surface area contributed by atoms with E-state index in [2.05, 4.69) is 12.2 Å². The van der Waals surface area contributed by atoms with Crippen LogP contribution in [0.4, 0.5) is 5.69 Å². The van der Waals surface area contributed by atoms with E-state index in [1.807, 2.05) is 24.3 Å². The monoisotopic (exact) mass is 370 g/mol. The molecule has 0 bridgehead atoms. The first-order valence-corrected chi connectivity index (χ1v) is 9.40. The highest BCUT2D eigenvalue weighted by Crippen LogP contribution is 2.23. The number of aryl methyl sites for hydroxylation is 1. The van der Waals surface area contributed by atoms with Crippen LogP contribution in [0.2, 0.25) is 5.02 Å². The normalized spacial score (nSPS) is 17.0. The first-order chi connectivity index (χ1) is 12.6. The Hall–Kier alpha value is -2.33. The van der Waals surface area contributed by atoms with E-state index in [4.69, 9.17) is 11.6 Å². The Labute approximate surface area is 159 Å². The molecule has 1 aliphatic heterocycles. The van der Waals surface area contributed by atoms with Crippen molar-refractivity contribution >= 4 is 29.1 Å². The summed E-state index contributed by atoms with van der Waals surface area (Å²) < 4.78 is 0. The number of hydrogen-bond acceptors (Lipinski definition) is 2. The van der Waals surface area contributed by atoms with E-state index in [9.17, 15) is 9.59 Å². The van der Waals surface area contributed by atoms with E-state index in [1.165, 1.54) is 5.56 Å². The number of nitrogens with zero attached hydrogens (tertiary/aromatic N) is 1. The second-order valence-electron chi connectivity index (χ2n) is 6.61. The Morgan fingerprint density at radius 1 is 1.15 bits per heavy atom. The predicted molar refractivity (Wildman–Crippen MR) is 105 cm³/mol. The molecule has 2 aromatic rings. The molecule has 1 saturated heterocycles. The van der Waals surface area contributed by atoms with Crippen LogP contribution in [0.1, 0.15) is 35.7 Å². The summed E-state index contributed by atoms with van der Waals surface area (Å²) in [4.78, 5) is 27.1. The summed E-state index contributed by atoms with van der Waals surface area (Å²) in [6.45, 7) is 3.17. The lowest BCUT2D eigenvalue weighted by Crippen LogP contribution is -2.43. The van der Waals surface area contributed by atoms with Gasteiger partial charge in [0.05, 0.1) is 16.5 Å². The Morgan fingerprint density at radius 3 is 2.58 bits per heavy atom. The maximum atomic E-state index is 12.7. The van der Waals surface area contributed by atoms with Crippen molar-refractivity contribution in [3.05, 3.63) is 64.7 Å². The standard InChI is InChI=1S/C21H23ClN2O2/c1-2-15-9-11-17(12-10-15)23-20(25)16-6-5-13-24(14-16)21(26)18-7-3-4-8-19(18)22/h3-4,7-12,16H,2,5-6,13-14H2,1H3,(H,23,25)/t16-/m1/s1. The van der Waals surface area contributed by atoms with E-state index < -0.39 is 0 Å². The number of rotatable bonds is 4. The van der Waals surface area contributed by atoms with E-state index in [0.717, 1.165) is 24.9 Å². The molecule has 1 atom stereocenters. The maximum absolute atomic E-state index is 12.7. The van der Waals surface area contributed by atoms with Crippen LogP contribution < -0.4 is 5.32 Å². The van der Waals surface area contributed by atoms with E-state index in [-0.39, 0.29) is 17.7 Å². The molecule has 136 valence electrons. The van der Waals surface area contributed by atoms with Gasteiger partial charge in [-0.15, -0.1) is 0 Å². The van der Waals surface area contributed by atoms with Crippen molar-refractivity contribution in [3.8, 4) is 0 Å². The number of benzene rings is 2. The van der Waals surface area contributed by atoms with Gasteiger partial charge in [0.2, 0.25) is 5.91 Å². The van der Waals surface area contributed by atoms with Gasteiger partial charge in [0.1, 0.15) is 0 Å². The minimum Gasteiger partial charge on any atom is -0.338 e. The summed E-state index contributed by atoms with van der Waals surface area (Å²) in [5.74, 6) is -0.354. The smallest absolute Gasteiger partial charge is 0.255 e. The molecule has 2 aromatic carbocycles. The number of hydrogen-bond donors (Lipinski definition) is 1. The van der Waals surface area contributed by atoms with Gasteiger partial charge < -0.3 is 10.2 Å². The molecule has 1 N–H and O–H groups in total. The third-order valence-electron chi connectivity index (χ3n) is 4.81. The predicted octanol–water partition coefficient (Wildman–Crippen LogP) is 4.39. The van der Waals surface area contributed by atoms with E-state index in [0.29, 0.717) is 23.7 Å². The average molecular weight is 371 g/mol. The summed E-state index contributed by atoms with van der Waals surface area (Å²) in [6.07, 6.45) is 2.56. The van der Waals surface area contributed by atoms with Crippen LogP contribution in [0, 0.1) is 5.92 Å². The number of likely N-dealkylation sites (tertiary alicyclic amines) is 1. The van der Waals surface area contributed by atoms with E-state index >= 15 is 0 Å². The van der Waals surface area contributed by atoms with Crippen molar-refractivity contribution in [3.63, 3.8) is 0 Å². The van der Waals surface area contributed by atoms with Crippen LogP contribution in [0.5, 0.6) is 0 Å². The Balaban J connectivity index is 1.64. The van der Waals surface area contributed by atoms with Gasteiger partial charge in [0, 0.05) is 18.8 Å². The summed E-state index contributed by atoms with van der Waals surface area (Å²) >= 11 is 6.14. The molecule has 1 fully saturated rings. The molecule has 26 heavy (non-hydrogen) atoms. The van der Waals surface area contributed by atoms with Gasteiger partial charge in [0.25, 0.3) is 5.91 Å². The van der Waals surface area contributed by atoms with Gasteiger partial charge in [-0.2, -0.15) is 0 Å². The fraction of sp³-hybridized carbons (Fsp3) is 0.333. The zero-order valence-corrected chi connectivity index (χ0v) is 15.6. The SMILES string of the molecule is CCc1ccc(NC(=O)[C@@H]2CCCN(C(=O)c3ccccc3Cl)C2)cc1. The quantitative estimate of drug-likeness (QED) is 0.867. The molecule has 3 rings (SSSR count). The summed E-state index contributed by atoms with van der Waals surface area (Å²) in [7, 11) is 0. The van der Waals surface area contributed by atoms with Crippen molar-refractivity contribution in [1.29, 1.82) is 0 Å². The summed E-state index contributed by atoms with van der Waals surface area (Å²) in [6, 6.07) is 14.9. The number of amides is 2. The zero-order chi connectivity index (χ0) is 18.5. The van der Waals surface area contributed by atoms with Crippen molar-refractivity contribution in [2.45, 2.75) is 26.2 Å². The largest absolute Gasteiger partial charge is 0.338 e. The van der Waals surface area contributed by atoms with Crippen molar-refractivity contribution in [2.24, 2.45) is 5.92 Å². The molecule has 0 aromatic heterocycles. The molecule has 2 amide bonds. The van der Waals surface area contributed by atoms with Gasteiger partial charge >= 0.3 is 0 Å². The number of anilines is 1. The van der Waals surface area contributed by atoms with E-state index in [1.54, 1.807) is 29.2 Å². The second kappa shape index (κ2) is 8.37. The van der Waals surface area contributed by atoms with Crippen LogP contribution >= 0.6 is 11.6 Å². The topological polar surface area (TPSA) is 49.4 Å². The number of halogens is 1. The van der Waals surface area contributed by atoms with Crippen LogP contribution in [0.25, 0.3) is 0 Å². The van der Waals surface area contributed by atoms with Gasteiger partial charge in [-0.05, 0) is 49.1 Å². The fourth-order valence-corrected chi connectivity index (χ4v) is 3.47. The van der Waals surface area contributed by atoms with Crippen LogP contribution in [0.3, 0.4) is 0 Å². The molecule has 5 heteroatoms. The summed E-state index contributed by atoms with van der Waals surface area (Å²) in [5, 5.41) is 3.42. The molecule has 0 unspecified atom stereocenters. The minimum atomic E-state index is -0.207. The van der Waals surface area contributed by atoms with Crippen molar-refractivity contribution in [2.75, 3.05) is 18.4 Å². The van der Waals surface area contributed by atoms with Crippen LogP contribution in [-0.2, 0) is 11.2 Å². The van der Waals surface area contributed by atoms with Gasteiger partial charge in [0.15, 0.2) is 0 Å². The third kappa shape index (κ3) is 4.25. The van der Waals surface area contributed by atoms with Crippen molar-refractivity contribution in [1.82, 2.24) is 4.90 Å². The number of carbonyl (C=O) groups is 2. The highest BCUT2D eigenvalue weighted by Gasteiger charge is 2.29. The lowest BCUT2D eigenvalue weighted by atomic mass is 9.96. The molecule has 1 heterocycles. The second-order valence-corrected chi connectivity index (χ2v) is 7.02. The summed E-state index contributed by atoms with van der Waals surface area (Å²) in [5.41, 5.74) is 2.52. The molecular weight excluding hydrogens is 348 g/mol. The Morgan fingerprint density at radius 2 is 1.88 bits per heavy atom. The van der Waals surface area contributed by atoms with Gasteiger partial charge in [-0.3, -0.25) is 9.59 Å². The Bertz CT molecular complexity index is 789. The van der Waals surface area contributed by atoms with Gasteiger partial charge in [-0.1, -0.05) is 42.8 Å². The number of carbonyl (C=O) groups excluding carboxylic acids is 2. The molecule has 0 radical (unpaired) electrons. The third-order valence-corrected chi connectivity index (χ3v) is 5.14. The lowest BCUT2D eigenvalue weighted by Gasteiger charge is -2.32. The Kier molecular flexibility index (Phi) is 5.94. The van der Waals surface area contributed by atoms with Crippen molar-refractivity contribution < 1.29 is 9.59 Å². The number of nitrogens with one attached hydrogen (secondary N) is 1. The minimum absolute atomic E-state index is 0.0362. The van der Waals surface area contributed by atoms with Crippen LogP contribution in [-0.4, -0.2) is 29.8 Å². The maximum Gasteiger partial charge on any atom is 0.255 e. The molecule has 0 spiro atoms. The number of piperidine rings is 1. The molecule has 4 nitrogen and oxygen atoms in total. The molecule has 0 aliphatic carbocycles.